The number of nitrogens with zero attached hydrogens (tertiary/aromatic N) is 4. The fraction of sp³-hybridized carbons (Fsp3) is 0.133. The van der Waals surface area contributed by atoms with E-state index in [-0.39, 0.29) is 0 Å². The van der Waals surface area contributed by atoms with Gasteiger partial charge in [0.2, 0.25) is 0 Å². The molecule has 0 aliphatic carbocycles. The Bertz CT molecular complexity index is 829. The fourth-order valence-electron chi connectivity index (χ4n) is 2.17. The molecule has 0 saturated carbocycles. The Balaban J connectivity index is 2.21. The van der Waals surface area contributed by atoms with Crippen LogP contribution in [0.15, 0.2) is 36.7 Å². The maximum atomic E-state index is 8.97. The van der Waals surface area contributed by atoms with Crippen LogP contribution in [0.2, 0.25) is 0 Å². The molecule has 0 aliphatic heterocycles. The molecule has 5 nitrogen and oxygen atoms in total. The summed E-state index contributed by atoms with van der Waals surface area (Å²) in [5.74, 6) is 1.48. The van der Waals surface area contributed by atoms with E-state index in [1.54, 1.807) is 25.6 Å². The molecule has 0 N–H and O–H groups in total. The third kappa shape index (κ3) is 1.88. The lowest BCUT2D eigenvalue weighted by Crippen LogP contribution is -1.94. The van der Waals surface area contributed by atoms with Gasteiger partial charge in [-0.1, -0.05) is 0 Å². The van der Waals surface area contributed by atoms with Crippen LogP contribution >= 0.6 is 0 Å². The van der Waals surface area contributed by atoms with Gasteiger partial charge in [0.25, 0.3) is 0 Å². The molecule has 5 heteroatoms. The highest BCUT2D eigenvalue weighted by atomic mass is 16.5. The third-order valence-electron chi connectivity index (χ3n) is 3.22. The first-order valence-corrected chi connectivity index (χ1v) is 6.09. The first-order valence-electron chi connectivity index (χ1n) is 6.09. The Kier molecular flexibility index (Phi) is 2.84. The molecule has 0 atom stereocenters. The van der Waals surface area contributed by atoms with Gasteiger partial charge in [0.15, 0.2) is 0 Å². The standard InChI is InChI=1S/C15H12N4O/c1-19-14-5-10(7-16)3-4-13(14)18-15(19)11-6-12(20-2)9-17-8-11/h3-6,8-9H,1-2H3. The molecule has 0 radical (unpaired) electrons. The van der Waals surface area contributed by atoms with Crippen LogP contribution in [-0.4, -0.2) is 21.6 Å². The van der Waals surface area contributed by atoms with E-state index in [4.69, 9.17) is 10.00 Å². The highest BCUT2D eigenvalue weighted by Gasteiger charge is 2.11. The molecule has 0 bridgehead atoms. The molecule has 0 unspecified atom stereocenters. The van der Waals surface area contributed by atoms with Crippen molar-refractivity contribution in [1.82, 2.24) is 14.5 Å². The minimum absolute atomic E-state index is 0.621. The zero-order valence-corrected chi connectivity index (χ0v) is 11.2. The lowest BCUT2D eigenvalue weighted by molar-refractivity contribution is 0.413. The first-order chi connectivity index (χ1) is 9.72. The summed E-state index contributed by atoms with van der Waals surface area (Å²) in [6, 6.07) is 9.48. The molecule has 0 saturated heterocycles. The summed E-state index contributed by atoms with van der Waals surface area (Å²) in [6.45, 7) is 0. The van der Waals surface area contributed by atoms with Gasteiger partial charge >= 0.3 is 0 Å². The van der Waals surface area contributed by atoms with Gasteiger partial charge in [-0.15, -0.1) is 0 Å². The van der Waals surface area contributed by atoms with Crippen molar-refractivity contribution in [3.63, 3.8) is 0 Å². The molecule has 0 fully saturated rings. The summed E-state index contributed by atoms with van der Waals surface area (Å²) in [7, 11) is 3.53. The van der Waals surface area contributed by atoms with Gasteiger partial charge in [-0.2, -0.15) is 5.26 Å². The Morgan fingerprint density at radius 1 is 1.25 bits per heavy atom. The molecule has 3 aromatic rings. The number of imidazole rings is 1. The predicted octanol–water partition coefficient (Wildman–Crippen LogP) is 2.52. The van der Waals surface area contributed by atoms with Gasteiger partial charge in [0, 0.05) is 18.8 Å². The number of hydrogen-bond donors (Lipinski definition) is 0. The number of nitriles is 1. The van der Waals surface area contributed by atoms with Crippen LogP contribution in [0.1, 0.15) is 5.56 Å². The smallest absolute Gasteiger partial charge is 0.142 e. The second kappa shape index (κ2) is 4.67. The summed E-state index contributed by atoms with van der Waals surface area (Å²) in [4.78, 5) is 8.74. The van der Waals surface area contributed by atoms with E-state index < -0.39 is 0 Å². The molecule has 2 heterocycles. The van der Waals surface area contributed by atoms with E-state index in [1.165, 1.54) is 0 Å². The van der Waals surface area contributed by atoms with Gasteiger partial charge in [0.1, 0.15) is 11.6 Å². The normalized spacial score (nSPS) is 10.4. The monoisotopic (exact) mass is 264 g/mol. The van der Waals surface area contributed by atoms with Gasteiger partial charge in [-0.25, -0.2) is 4.98 Å². The summed E-state index contributed by atoms with van der Waals surface area (Å²) in [6.07, 6.45) is 3.40. The van der Waals surface area contributed by atoms with Gasteiger partial charge in [-0.3, -0.25) is 4.98 Å². The van der Waals surface area contributed by atoms with Crippen LogP contribution in [0.4, 0.5) is 0 Å². The third-order valence-corrected chi connectivity index (χ3v) is 3.22. The summed E-state index contributed by atoms with van der Waals surface area (Å²) in [5.41, 5.74) is 3.27. The number of aromatic nitrogens is 3. The number of pyridine rings is 1. The van der Waals surface area contributed by atoms with E-state index in [0.29, 0.717) is 11.3 Å². The van der Waals surface area contributed by atoms with Crippen LogP contribution in [-0.2, 0) is 7.05 Å². The second-order valence-corrected chi connectivity index (χ2v) is 4.42. The number of rotatable bonds is 2. The summed E-state index contributed by atoms with van der Waals surface area (Å²) in [5, 5.41) is 8.97. The van der Waals surface area contributed by atoms with E-state index in [9.17, 15) is 0 Å². The van der Waals surface area contributed by atoms with Crippen molar-refractivity contribution in [2.75, 3.05) is 7.11 Å². The van der Waals surface area contributed by atoms with E-state index in [1.807, 2.05) is 29.8 Å². The maximum absolute atomic E-state index is 8.97. The van der Waals surface area contributed by atoms with Gasteiger partial charge in [-0.05, 0) is 24.3 Å². The number of ether oxygens (including phenoxy) is 1. The molecule has 2 aromatic heterocycles. The minimum Gasteiger partial charge on any atom is -0.495 e. The Hall–Kier alpha value is -2.87. The van der Waals surface area contributed by atoms with Crippen molar-refractivity contribution in [3.8, 4) is 23.2 Å². The molecule has 0 amide bonds. The lowest BCUT2D eigenvalue weighted by atomic mass is 10.2. The Morgan fingerprint density at radius 3 is 2.85 bits per heavy atom. The van der Waals surface area contributed by atoms with Crippen molar-refractivity contribution in [1.29, 1.82) is 5.26 Å². The number of fused-ring (bicyclic) bond motifs is 1. The molecule has 98 valence electrons. The van der Waals surface area contributed by atoms with Gasteiger partial charge in [0.05, 0.1) is 36.0 Å². The number of benzene rings is 1. The van der Waals surface area contributed by atoms with Crippen LogP contribution in [0.3, 0.4) is 0 Å². The Labute approximate surface area is 116 Å². The predicted molar refractivity (Wildman–Crippen MR) is 75.2 cm³/mol. The topological polar surface area (TPSA) is 63.7 Å². The quantitative estimate of drug-likeness (QED) is 0.713. The molecule has 20 heavy (non-hydrogen) atoms. The van der Waals surface area contributed by atoms with Crippen LogP contribution < -0.4 is 4.74 Å². The van der Waals surface area contributed by atoms with Crippen molar-refractivity contribution in [3.05, 3.63) is 42.2 Å². The molecule has 1 aromatic carbocycles. The number of hydrogen-bond acceptors (Lipinski definition) is 4. The average molecular weight is 264 g/mol. The van der Waals surface area contributed by atoms with E-state index in [0.717, 1.165) is 22.4 Å². The van der Waals surface area contributed by atoms with Crippen LogP contribution in [0.5, 0.6) is 5.75 Å². The average Bonchev–Trinajstić information content (AvgIpc) is 2.84. The molecule has 0 spiro atoms. The van der Waals surface area contributed by atoms with Crippen molar-refractivity contribution in [2.24, 2.45) is 7.05 Å². The molecule has 0 aliphatic rings. The summed E-state index contributed by atoms with van der Waals surface area (Å²) < 4.78 is 7.14. The van der Waals surface area contributed by atoms with E-state index in [2.05, 4.69) is 16.0 Å². The number of aryl methyl sites for hydroxylation is 1. The number of methoxy groups -OCH3 is 1. The lowest BCUT2D eigenvalue weighted by Gasteiger charge is -2.04. The minimum atomic E-state index is 0.621. The highest BCUT2D eigenvalue weighted by molar-refractivity contribution is 5.81. The molecular formula is C15H12N4O. The van der Waals surface area contributed by atoms with E-state index >= 15 is 0 Å². The fourth-order valence-corrected chi connectivity index (χ4v) is 2.17. The maximum Gasteiger partial charge on any atom is 0.142 e. The van der Waals surface area contributed by atoms with Crippen molar-refractivity contribution in [2.45, 2.75) is 0 Å². The van der Waals surface area contributed by atoms with Crippen LogP contribution in [0.25, 0.3) is 22.4 Å². The SMILES string of the molecule is COc1cncc(-c2nc3ccc(C#N)cc3n2C)c1. The Morgan fingerprint density at radius 2 is 2.10 bits per heavy atom. The second-order valence-electron chi connectivity index (χ2n) is 4.42. The molecular weight excluding hydrogens is 252 g/mol. The van der Waals surface area contributed by atoms with Crippen LogP contribution in [0, 0.1) is 11.3 Å². The summed E-state index contributed by atoms with van der Waals surface area (Å²) >= 11 is 0. The van der Waals surface area contributed by atoms with Crippen molar-refractivity contribution < 1.29 is 4.74 Å². The van der Waals surface area contributed by atoms with Gasteiger partial charge < -0.3 is 9.30 Å². The largest absolute Gasteiger partial charge is 0.495 e. The zero-order chi connectivity index (χ0) is 14.1. The first kappa shape index (κ1) is 12.2. The van der Waals surface area contributed by atoms with Crippen molar-refractivity contribution >= 4 is 11.0 Å². The molecule has 3 rings (SSSR count). The highest BCUT2D eigenvalue weighted by Crippen LogP contribution is 2.25. The zero-order valence-electron chi connectivity index (χ0n) is 11.2.